The summed E-state index contributed by atoms with van der Waals surface area (Å²) in [7, 11) is 1.24. The lowest BCUT2D eigenvalue weighted by Crippen LogP contribution is -2.42. The number of benzene rings is 1. The van der Waals surface area contributed by atoms with E-state index in [1.807, 2.05) is 0 Å². The van der Waals surface area contributed by atoms with E-state index in [9.17, 15) is 14.4 Å². The van der Waals surface area contributed by atoms with E-state index in [0.717, 1.165) is 0 Å². The first kappa shape index (κ1) is 14.7. The number of carbonyl (C=O) groups excluding carboxylic acids is 2. The standard InChI is InChI=1S/C14H15N3O4/c1-9(14(20)21-2)16-12(18)7-17-8-15-11-6-4-3-5-10(11)13(17)19/h3-6,8-9H,7H2,1-2H3,(H,16,18)/t9-/m1/s1. The maximum Gasteiger partial charge on any atom is 0.328 e. The number of methoxy groups -OCH3 is 1. The number of aromatic nitrogens is 2. The highest BCUT2D eigenvalue weighted by Gasteiger charge is 2.16. The third-order valence-electron chi connectivity index (χ3n) is 2.98. The third-order valence-corrected chi connectivity index (χ3v) is 2.98. The van der Waals surface area contributed by atoms with Gasteiger partial charge >= 0.3 is 5.97 Å². The van der Waals surface area contributed by atoms with Gasteiger partial charge in [-0.2, -0.15) is 0 Å². The Hall–Kier alpha value is -2.70. The largest absolute Gasteiger partial charge is 0.467 e. The average Bonchev–Trinajstić information content (AvgIpc) is 2.49. The Morgan fingerprint density at radius 3 is 2.81 bits per heavy atom. The summed E-state index contributed by atoms with van der Waals surface area (Å²) in [5.41, 5.74) is 0.267. The van der Waals surface area contributed by atoms with Crippen molar-refractivity contribution in [1.82, 2.24) is 14.9 Å². The van der Waals surface area contributed by atoms with Crippen LogP contribution in [0, 0.1) is 0 Å². The predicted octanol–water partition coefficient (Wildman–Crippen LogP) is 0.0742. The summed E-state index contributed by atoms with van der Waals surface area (Å²) in [4.78, 5) is 39.4. The molecule has 0 aliphatic carbocycles. The second-order valence-electron chi connectivity index (χ2n) is 4.51. The average molecular weight is 289 g/mol. The van der Waals surface area contributed by atoms with Crippen LogP contribution < -0.4 is 10.9 Å². The fraction of sp³-hybridized carbons (Fsp3) is 0.286. The summed E-state index contributed by atoms with van der Waals surface area (Å²) < 4.78 is 5.71. The zero-order valence-electron chi connectivity index (χ0n) is 11.7. The molecule has 7 nitrogen and oxygen atoms in total. The number of nitrogens with one attached hydrogen (secondary N) is 1. The molecule has 1 atom stereocenters. The minimum atomic E-state index is -0.772. The Labute approximate surface area is 120 Å². The minimum Gasteiger partial charge on any atom is -0.467 e. The van der Waals surface area contributed by atoms with Gasteiger partial charge in [-0.1, -0.05) is 12.1 Å². The number of amides is 1. The van der Waals surface area contributed by atoms with Crippen molar-refractivity contribution in [1.29, 1.82) is 0 Å². The van der Waals surface area contributed by atoms with Gasteiger partial charge < -0.3 is 10.1 Å². The van der Waals surface area contributed by atoms with Crippen molar-refractivity contribution in [3.05, 3.63) is 40.9 Å². The molecule has 0 spiro atoms. The van der Waals surface area contributed by atoms with Crippen LogP contribution in [0.4, 0.5) is 0 Å². The van der Waals surface area contributed by atoms with Crippen LogP contribution in [0.1, 0.15) is 6.92 Å². The summed E-state index contributed by atoms with van der Waals surface area (Å²) in [6.45, 7) is 1.29. The zero-order chi connectivity index (χ0) is 15.4. The van der Waals surface area contributed by atoms with Crippen LogP contribution in [0.25, 0.3) is 10.9 Å². The lowest BCUT2D eigenvalue weighted by molar-refractivity contribution is -0.144. The van der Waals surface area contributed by atoms with Gasteiger partial charge in [-0.25, -0.2) is 9.78 Å². The number of hydrogen-bond acceptors (Lipinski definition) is 5. The minimum absolute atomic E-state index is 0.210. The Balaban J connectivity index is 2.17. The first-order valence-electron chi connectivity index (χ1n) is 6.34. The van der Waals surface area contributed by atoms with E-state index in [0.29, 0.717) is 10.9 Å². The van der Waals surface area contributed by atoms with Gasteiger partial charge in [0.25, 0.3) is 5.56 Å². The van der Waals surface area contributed by atoms with Crippen molar-refractivity contribution < 1.29 is 14.3 Å². The molecular formula is C14H15N3O4. The van der Waals surface area contributed by atoms with E-state index in [-0.39, 0.29) is 12.1 Å². The van der Waals surface area contributed by atoms with Crippen LogP contribution in [0.3, 0.4) is 0 Å². The molecule has 0 saturated heterocycles. The number of para-hydroxylation sites is 1. The lowest BCUT2D eigenvalue weighted by Gasteiger charge is -2.12. The summed E-state index contributed by atoms with van der Waals surface area (Å²) in [6, 6.07) is 6.11. The van der Waals surface area contributed by atoms with E-state index < -0.39 is 17.9 Å². The number of carbonyl (C=O) groups is 2. The monoisotopic (exact) mass is 289 g/mol. The Kier molecular flexibility index (Phi) is 4.32. The van der Waals surface area contributed by atoms with E-state index in [1.165, 1.54) is 24.9 Å². The van der Waals surface area contributed by atoms with Gasteiger partial charge in [0.1, 0.15) is 12.6 Å². The summed E-state index contributed by atoms with van der Waals surface area (Å²) in [5, 5.41) is 2.89. The normalized spacial score (nSPS) is 11.9. The third kappa shape index (κ3) is 3.25. The molecule has 7 heteroatoms. The topological polar surface area (TPSA) is 90.3 Å². The molecule has 0 aliphatic rings. The lowest BCUT2D eigenvalue weighted by atomic mass is 10.2. The number of fused-ring (bicyclic) bond motifs is 1. The van der Waals surface area contributed by atoms with Gasteiger partial charge in [-0.15, -0.1) is 0 Å². The Morgan fingerprint density at radius 1 is 1.38 bits per heavy atom. The van der Waals surface area contributed by atoms with E-state index >= 15 is 0 Å². The molecule has 2 aromatic rings. The quantitative estimate of drug-likeness (QED) is 0.805. The van der Waals surface area contributed by atoms with Gasteiger partial charge in [-0.3, -0.25) is 14.2 Å². The van der Waals surface area contributed by atoms with Crippen molar-refractivity contribution >= 4 is 22.8 Å². The Bertz CT molecular complexity index is 738. The molecule has 0 fully saturated rings. The van der Waals surface area contributed by atoms with Crippen molar-refractivity contribution in [2.75, 3.05) is 7.11 Å². The van der Waals surface area contributed by atoms with Gasteiger partial charge in [0.05, 0.1) is 24.3 Å². The molecule has 0 radical (unpaired) electrons. The zero-order valence-corrected chi connectivity index (χ0v) is 11.7. The van der Waals surface area contributed by atoms with Gasteiger partial charge in [0.15, 0.2) is 0 Å². The fourth-order valence-electron chi connectivity index (χ4n) is 1.90. The molecule has 0 bridgehead atoms. The molecule has 0 aliphatic heterocycles. The highest BCUT2D eigenvalue weighted by Crippen LogP contribution is 2.04. The van der Waals surface area contributed by atoms with Crippen molar-refractivity contribution in [3.63, 3.8) is 0 Å². The molecule has 0 saturated carbocycles. The van der Waals surface area contributed by atoms with E-state index in [4.69, 9.17) is 0 Å². The van der Waals surface area contributed by atoms with Crippen LogP contribution >= 0.6 is 0 Å². The van der Waals surface area contributed by atoms with Crippen molar-refractivity contribution in [3.8, 4) is 0 Å². The first-order valence-corrected chi connectivity index (χ1v) is 6.34. The first-order chi connectivity index (χ1) is 10.0. The molecule has 2 rings (SSSR count). The van der Waals surface area contributed by atoms with Crippen LogP contribution in [0.15, 0.2) is 35.4 Å². The molecule has 1 amide bonds. The molecule has 1 N–H and O–H groups in total. The molecule has 1 aromatic carbocycles. The number of rotatable bonds is 4. The van der Waals surface area contributed by atoms with Crippen LogP contribution in [-0.4, -0.2) is 34.6 Å². The molecule has 1 heterocycles. The van der Waals surface area contributed by atoms with Crippen LogP contribution in [-0.2, 0) is 20.9 Å². The highest BCUT2D eigenvalue weighted by molar-refractivity contribution is 5.84. The molecule has 0 unspecified atom stereocenters. The van der Waals surface area contributed by atoms with Gasteiger partial charge in [-0.05, 0) is 19.1 Å². The van der Waals surface area contributed by atoms with E-state index in [1.54, 1.807) is 24.3 Å². The van der Waals surface area contributed by atoms with Gasteiger partial charge in [0.2, 0.25) is 5.91 Å². The molecule has 1 aromatic heterocycles. The summed E-state index contributed by atoms with van der Waals surface area (Å²) in [6.07, 6.45) is 1.31. The number of nitrogens with zero attached hydrogens (tertiary/aromatic N) is 2. The number of hydrogen-bond donors (Lipinski definition) is 1. The molecule has 21 heavy (non-hydrogen) atoms. The van der Waals surface area contributed by atoms with Crippen LogP contribution in [0.5, 0.6) is 0 Å². The maximum absolute atomic E-state index is 12.2. The number of esters is 1. The molecule has 110 valence electrons. The number of ether oxygens (including phenoxy) is 1. The summed E-state index contributed by atoms with van der Waals surface area (Å²) >= 11 is 0. The van der Waals surface area contributed by atoms with Crippen LogP contribution in [0.2, 0.25) is 0 Å². The second-order valence-corrected chi connectivity index (χ2v) is 4.51. The SMILES string of the molecule is COC(=O)[C@@H](C)NC(=O)Cn1cnc2ccccc2c1=O. The van der Waals surface area contributed by atoms with E-state index in [2.05, 4.69) is 15.0 Å². The predicted molar refractivity (Wildman–Crippen MR) is 75.6 cm³/mol. The van der Waals surface area contributed by atoms with Crippen molar-refractivity contribution in [2.24, 2.45) is 0 Å². The maximum atomic E-state index is 12.2. The summed E-state index contributed by atoms with van der Waals surface area (Å²) in [5.74, 6) is -1.01. The van der Waals surface area contributed by atoms with Crippen molar-refractivity contribution in [2.45, 2.75) is 19.5 Å². The smallest absolute Gasteiger partial charge is 0.328 e. The highest BCUT2D eigenvalue weighted by atomic mass is 16.5. The Morgan fingerprint density at radius 2 is 2.10 bits per heavy atom. The van der Waals surface area contributed by atoms with Gasteiger partial charge in [0, 0.05) is 0 Å². The fourth-order valence-corrected chi connectivity index (χ4v) is 1.90. The molecular weight excluding hydrogens is 274 g/mol. The second kappa shape index (κ2) is 6.17.